The summed E-state index contributed by atoms with van der Waals surface area (Å²) in [5, 5.41) is 21.7. The third-order valence-corrected chi connectivity index (χ3v) is 4.07. The Morgan fingerprint density at radius 1 is 0.619 bits per heavy atom. The fourth-order valence-corrected chi connectivity index (χ4v) is 3.21. The van der Waals surface area contributed by atoms with Crippen molar-refractivity contribution in [1.29, 1.82) is 0 Å². The van der Waals surface area contributed by atoms with Gasteiger partial charge in [-0.25, -0.2) is 0 Å². The molecular weight excluding hydrogens is 260 g/mol. The smallest absolute Gasteiger partial charge is 0.219 e. The van der Waals surface area contributed by atoms with Gasteiger partial charge in [0.25, 0.3) is 0 Å². The van der Waals surface area contributed by atoms with Crippen LogP contribution in [0.2, 0.25) is 0 Å². The SMILES string of the molecule is OC1(O)C(=C2C=CC=C2)c2ccccc2C1=C1C=CC=C1. The largest absolute Gasteiger partial charge is 0.358 e. The van der Waals surface area contributed by atoms with Crippen LogP contribution in [0.25, 0.3) is 11.1 Å². The van der Waals surface area contributed by atoms with E-state index in [-0.39, 0.29) is 0 Å². The lowest BCUT2D eigenvalue weighted by Crippen LogP contribution is -2.28. The molecule has 1 aromatic rings. The third kappa shape index (κ3) is 1.67. The minimum atomic E-state index is -1.98. The third-order valence-electron chi connectivity index (χ3n) is 4.07. The monoisotopic (exact) mass is 274 g/mol. The molecule has 0 unspecified atom stereocenters. The van der Waals surface area contributed by atoms with Gasteiger partial charge in [0.15, 0.2) is 0 Å². The first-order chi connectivity index (χ1) is 10.2. The Morgan fingerprint density at radius 3 is 1.38 bits per heavy atom. The van der Waals surface area contributed by atoms with Gasteiger partial charge >= 0.3 is 0 Å². The highest BCUT2D eigenvalue weighted by Gasteiger charge is 2.45. The quantitative estimate of drug-likeness (QED) is 0.714. The van der Waals surface area contributed by atoms with Crippen molar-refractivity contribution in [2.24, 2.45) is 0 Å². The summed E-state index contributed by atoms with van der Waals surface area (Å²) in [4.78, 5) is 0. The minimum Gasteiger partial charge on any atom is -0.358 e. The zero-order valence-electron chi connectivity index (χ0n) is 11.3. The molecule has 21 heavy (non-hydrogen) atoms. The zero-order chi connectivity index (χ0) is 14.4. The summed E-state index contributed by atoms with van der Waals surface area (Å²) >= 11 is 0. The molecule has 0 saturated carbocycles. The van der Waals surface area contributed by atoms with Crippen LogP contribution >= 0.6 is 0 Å². The van der Waals surface area contributed by atoms with Crippen LogP contribution < -0.4 is 0 Å². The van der Waals surface area contributed by atoms with Crippen LogP contribution in [0.5, 0.6) is 0 Å². The Kier molecular flexibility index (Phi) is 2.52. The normalized spacial score (nSPS) is 21.0. The number of hydrogen-bond donors (Lipinski definition) is 2. The summed E-state index contributed by atoms with van der Waals surface area (Å²) in [6.45, 7) is 0. The van der Waals surface area contributed by atoms with Gasteiger partial charge < -0.3 is 10.2 Å². The van der Waals surface area contributed by atoms with Gasteiger partial charge in [-0.2, -0.15) is 0 Å². The molecular formula is C19H14O2. The van der Waals surface area contributed by atoms with Crippen LogP contribution in [0.3, 0.4) is 0 Å². The van der Waals surface area contributed by atoms with Gasteiger partial charge in [0.05, 0.1) is 0 Å². The van der Waals surface area contributed by atoms with Crippen LogP contribution in [0.15, 0.2) is 84.0 Å². The molecule has 102 valence electrons. The molecule has 2 heteroatoms. The summed E-state index contributed by atoms with van der Waals surface area (Å²) in [6.07, 6.45) is 15.2. The second-order valence-electron chi connectivity index (χ2n) is 5.31. The van der Waals surface area contributed by atoms with E-state index < -0.39 is 5.79 Å². The van der Waals surface area contributed by atoms with E-state index in [0.717, 1.165) is 22.3 Å². The predicted octanol–water partition coefficient (Wildman–Crippen LogP) is 3.14. The van der Waals surface area contributed by atoms with Gasteiger partial charge in [-0.3, -0.25) is 0 Å². The molecule has 0 atom stereocenters. The van der Waals surface area contributed by atoms with E-state index in [0.29, 0.717) is 11.1 Å². The second-order valence-corrected chi connectivity index (χ2v) is 5.31. The van der Waals surface area contributed by atoms with Gasteiger partial charge in [0, 0.05) is 11.1 Å². The lowest BCUT2D eigenvalue weighted by atomic mass is 9.96. The van der Waals surface area contributed by atoms with Gasteiger partial charge in [-0.05, 0) is 22.3 Å². The summed E-state index contributed by atoms with van der Waals surface area (Å²) in [5.74, 6) is -1.98. The van der Waals surface area contributed by atoms with Crippen LogP contribution in [0.1, 0.15) is 11.1 Å². The molecule has 0 spiro atoms. The van der Waals surface area contributed by atoms with E-state index in [2.05, 4.69) is 0 Å². The maximum Gasteiger partial charge on any atom is 0.219 e. The molecule has 2 N–H and O–H groups in total. The molecule has 0 aromatic heterocycles. The van der Waals surface area contributed by atoms with Crippen LogP contribution in [0.4, 0.5) is 0 Å². The van der Waals surface area contributed by atoms with E-state index in [1.165, 1.54) is 0 Å². The van der Waals surface area contributed by atoms with Crippen molar-refractivity contribution in [2.45, 2.75) is 5.79 Å². The summed E-state index contributed by atoms with van der Waals surface area (Å²) in [7, 11) is 0. The Bertz CT molecular complexity index is 717. The summed E-state index contributed by atoms with van der Waals surface area (Å²) < 4.78 is 0. The minimum absolute atomic E-state index is 0.555. The second kappa shape index (κ2) is 4.29. The first kappa shape index (κ1) is 12.3. The number of hydrogen-bond acceptors (Lipinski definition) is 2. The zero-order valence-corrected chi connectivity index (χ0v) is 11.3. The van der Waals surface area contributed by atoms with Gasteiger partial charge in [-0.1, -0.05) is 72.9 Å². The number of fused-ring (bicyclic) bond motifs is 1. The number of aliphatic hydroxyl groups is 2. The molecule has 3 aliphatic carbocycles. The molecule has 0 amide bonds. The van der Waals surface area contributed by atoms with Crippen LogP contribution in [0, 0.1) is 0 Å². The maximum absolute atomic E-state index is 10.9. The Balaban J connectivity index is 2.10. The van der Waals surface area contributed by atoms with Crippen LogP contribution in [-0.2, 0) is 0 Å². The highest BCUT2D eigenvalue weighted by atomic mass is 16.5. The van der Waals surface area contributed by atoms with E-state index >= 15 is 0 Å². The Hall–Kier alpha value is -2.42. The van der Waals surface area contributed by atoms with E-state index in [4.69, 9.17) is 0 Å². The molecule has 0 saturated heterocycles. The van der Waals surface area contributed by atoms with Crippen molar-refractivity contribution in [3.63, 3.8) is 0 Å². The standard InChI is InChI=1S/C19H14O2/c20-19(21)17(13-7-1-2-8-13)15-11-5-6-12-16(15)18(19)14-9-3-4-10-14/h1-12,20-21H. The Labute approximate surface area is 123 Å². The highest BCUT2D eigenvalue weighted by molar-refractivity contribution is 6.03. The van der Waals surface area contributed by atoms with Crippen molar-refractivity contribution in [3.8, 4) is 0 Å². The fourth-order valence-electron chi connectivity index (χ4n) is 3.21. The summed E-state index contributed by atoms with van der Waals surface area (Å²) in [5.41, 5.74) is 4.55. The lowest BCUT2D eigenvalue weighted by Gasteiger charge is -2.22. The molecule has 0 aliphatic heterocycles. The van der Waals surface area contributed by atoms with Gasteiger partial charge in [0.2, 0.25) is 5.79 Å². The van der Waals surface area contributed by atoms with E-state index in [1.54, 1.807) is 0 Å². The van der Waals surface area contributed by atoms with Crippen molar-refractivity contribution in [3.05, 3.63) is 95.1 Å². The predicted molar refractivity (Wildman–Crippen MR) is 84.0 cm³/mol. The molecule has 2 nitrogen and oxygen atoms in total. The van der Waals surface area contributed by atoms with Crippen molar-refractivity contribution in [1.82, 2.24) is 0 Å². The molecule has 0 bridgehead atoms. The average Bonchev–Trinajstić information content (AvgIpc) is 3.15. The molecule has 3 aliphatic rings. The number of benzene rings is 1. The highest BCUT2D eigenvalue weighted by Crippen LogP contribution is 2.50. The summed E-state index contributed by atoms with van der Waals surface area (Å²) in [6, 6.07) is 7.72. The van der Waals surface area contributed by atoms with Gasteiger partial charge in [-0.15, -0.1) is 0 Å². The maximum atomic E-state index is 10.9. The molecule has 4 rings (SSSR count). The first-order valence-corrected chi connectivity index (χ1v) is 6.93. The van der Waals surface area contributed by atoms with E-state index in [1.807, 2.05) is 72.9 Å². The van der Waals surface area contributed by atoms with Crippen molar-refractivity contribution >= 4 is 11.1 Å². The molecule has 0 heterocycles. The average molecular weight is 274 g/mol. The molecule has 1 aromatic carbocycles. The first-order valence-electron chi connectivity index (χ1n) is 6.93. The molecule has 0 fully saturated rings. The Morgan fingerprint density at radius 2 is 1.00 bits per heavy atom. The molecule has 0 radical (unpaired) electrons. The van der Waals surface area contributed by atoms with Crippen LogP contribution in [-0.4, -0.2) is 16.0 Å². The fraction of sp³-hybridized carbons (Fsp3) is 0.0526. The van der Waals surface area contributed by atoms with Crippen molar-refractivity contribution in [2.75, 3.05) is 0 Å². The number of allylic oxidation sites excluding steroid dienone is 10. The van der Waals surface area contributed by atoms with Gasteiger partial charge in [0.1, 0.15) is 0 Å². The van der Waals surface area contributed by atoms with Crippen molar-refractivity contribution < 1.29 is 10.2 Å². The lowest BCUT2D eigenvalue weighted by molar-refractivity contribution is -0.0526. The van der Waals surface area contributed by atoms with E-state index in [9.17, 15) is 10.2 Å². The number of rotatable bonds is 0. The topological polar surface area (TPSA) is 40.5 Å².